The molecule has 2 N–H and O–H groups in total. The van der Waals surface area contributed by atoms with Crippen LogP contribution in [0.15, 0.2) is 76.6 Å². The van der Waals surface area contributed by atoms with Crippen LogP contribution in [0, 0.1) is 16.0 Å². The third-order valence-corrected chi connectivity index (χ3v) is 10.3. The molecule has 1 fully saturated rings. The smallest absolute Gasteiger partial charge is 0.308 e. The molecule has 6 rings (SSSR count). The Labute approximate surface area is 268 Å². The number of thioether (sulfide) groups is 1. The van der Waals surface area contributed by atoms with Gasteiger partial charge in [-0.2, -0.15) is 0 Å². The minimum atomic E-state index is -0.978. The molecular weight excluding hydrogens is 644 g/mol. The van der Waals surface area contributed by atoms with Gasteiger partial charge in [-0.25, -0.2) is 4.90 Å². The number of carbonyl (C=O) groups excluding carboxylic acids is 3. The lowest BCUT2D eigenvalue weighted by Crippen LogP contribution is -2.33. The summed E-state index contributed by atoms with van der Waals surface area (Å²) in [6, 6.07) is 16.2. The molecule has 0 aliphatic carbocycles. The Bertz CT molecular complexity index is 1910. The molecule has 0 unspecified atom stereocenters. The Hall–Kier alpha value is -4.66. The molecule has 0 bridgehead atoms. The highest BCUT2D eigenvalue weighted by Gasteiger charge is 2.57. The van der Waals surface area contributed by atoms with Crippen LogP contribution in [0.25, 0.3) is 0 Å². The van der Waals surface area contributed by atoms with Crippen LogP contribution in [0.3, 0.4) is 0 Å². The summed E-state index contributed by atoms with van der Waals surface area (Å²) in [4.78, 5) is 66.0. The van der Waals surface area contributed by atoms with Crippen molar-refractivity contribution in [2.75, 3.05) is 16.8 Å². The van der Waals surface area contributed by atoms with Gasteiger partial charge in [-0.15, -0.1) is 0 Å². The van der Waals surface area contributed by atoms with E-state index in [1.165, 1.54) is 34.9 Å². The molecule has 3 heterocycles. The van der Waals surface area contributed by atoms with Crippen LogP contribution >= 0.6 is 34.7 Å². The molecule has 3 amide bonds. The maximum absolute atomic E-state index is 14.1. The van der Waals surface area contributed by atoms with Crippen LogP contribution in [0.5, 0.6) is 11.5 Å². The molecule has 15 heteroatoms. The van der Waals surface area contributed by atoms with Gasteiger partial charge in [-0.1, -0.05) is 40.8 Å². The fourth-order valence-corrected chi connectivity index (χ4v) is 8.36. The van der Waals surface area contributed by atoms with Gasteiger partial charge >= 0.3 is 4.87 Å². The van der Waals surface area contributed by atoms with E-state index in [9.17, 15) is 34.4 Å². The van der Waals surface area contributed by atoms with E-state index < -0.39 is 44.6 Å². The summed E-state index contributed by atoms with van der Waals surface area (Å²) in [5.41, 5.74) is 0.986. The van der Waals surface area contributed by atoms with E-state index in [1.807, 2.05) is 0 Å². The molecule has 230 valence electrons. The second kappa shape index (κ2) is 12.0. The highest BCUT2D eigenvalue weighted by molar-refractivity contribution is 8.00. The number of anilines is 2. The van der Waals surface area contributed by atoms with E-state index in [0.717, 1.165) is 28.0 Å². The largest absolute Gasteiger partial charge is 0.504 e. The molecule has 0 radical (unpaired) electrons. The first-order valence-electron chi connectivity index (χ1n) is 13.6. The number of imide groups is 1. The molecule has 12 nitrogen and oxygen atoms in total. The minimum absolute atomic E-state index is 0.117. The number of ether oxygens (including phenoxy) is 1. The Morgan fingerprint density at radius 2 is 1.78 bits per heavy atom. The van der Waals surface area contributed by atoms with Crippen molar-refractivity contribution in [3.05, 3.63) is 102 Å². The van der Waals surface area contributed by atoms with Gasteiger partial charge in [0.2, 0.25) is 17.7 Å². The highest BCUT2D eigenvalue weighted by Crippen LogP contribution is 2.54. The molecule has 45 heavy (non-hydrogen) atoms. The molecule has 4 aromatic rings. The van der Waals surface area contributed by atoms with Gasteiger partial charge in [0.25, 0.3) is 5.69 Å². The van der Waals surface area contributed by atoms with Gasteiger partial charge in [-0.3, -0.25) is 33.9 Å². The summed E-state index contributed by atoms with van der Waals surface area (Å²) in [6.07, 6.45) is 0. The number of benzene rings is 3. The first kappa shape index (κ1) is 30.4. The zero-order chi connectivity index (χ0) is 32.0. The second-order valence-corrected chi connectivity index (χ2v) is 12.7. The van der Waals surface area contributed by atoms with Crippen molar-refractivity contribution in [2.24, 2.45) is 5.92 Å². The second-order valence-electron chi connectivity index (χ2n) is 10.2. The van der Waals surface area contributed by atoms with Crippen molar-refractivity contribution in [3.8, 4) is 11.5 Å². The number of thiazole rings is 1. The summed E-state index contributed by atoms with van der Waals surface area (Å²) >= 11 is 7.85. The number of nitro benzene ring substituents is 1. The van der Waals surface area contributed by atoms with Crippen molar-refractivity contribution in [2.45, 2.75) is 29.7 Å². The summed E-state index contributed by atoms with van der Waals surface area (Å²) in [5, 5.41) is 24.2. The van der Waals surface area contributed by atoms with E-state index >= 15 is 0 Å². The minimum Gasteiger partial charge on any atom is -0.504 e. The number of aromatic nitrogens is 1. The number of hydrogen-bond acceptors (Lipinski definition) is 10. The lowest BCUT2D eigenvalue weighted by atomic mass is 9.83. The number of nitro groups is 1. The maximum Gasteiger partial charge on any atom is 0.308 e. The summed E-state index contributed by atoms with van der Waals surface area (Å²) < 4.78 is 6.87. The first-order chi connectivity index (χ1) is 21.6. The predicted molar refractivity (Wildman–Crippen MR) is 169 cm³/mol. The number of carbonyl (C=O) groups is 3. The van der Waals surface area contributed by atoms with Crippen LogP contribution in [0.1, 0.15) is 23.3 Å². The molecule has 0 spiro atoms. The lowest BCUT2D eigenvalue weighted by Gasteiger charge is -2.31. The SMILES string of the molecule is CCOc1cc([C@@H]2c3sc(=O)n(CC(=O)Nc4ccc(Cl)cc4)c3S[C@@H]3C(=O)N(c4ccc([N+](=O)[O-])cc4)C(=O)[C@H]23)ccc1O. The zero-order valence-corrected chi connectivity index (χ0v) is 25.7. The number of rotatable bonds is 8. The molecule has 3 aromatic carbocycles. The van der Waals surface area contributed by atoms with Crippen LogP contribution in [0.4, 0.5) is 17.1 Å². The maximum atomic E-state index is 14.1. The average molecular weight is 667 g/mol. The molecule has 2 aliphatic heterocycles. The number of hydrogen-bond donors (Lipinski definition) is 2. The van der Waals surface area contributed by atoms with Crippen molar-refractivity contribution in [1.82, 2.24) is 4.57 Å². The van der Waals surface area contributed by atoms with Gasteiger partial charge in [0.15, 0.2) is 11.5 Å². The van der Waals surface area contributed by atoms with E-state index in [1.54, 1.807) is 43.3 Å². The number of phenolic OH excluding ortho intramolecular Hbond substituents is 1. The predicted octanol–water partition coefficient (Wildman–Crippen LogP) is 5.01. The summed E-state index contributed by atoms with van der Waals surface area (Å²) in [6.45, 7) is 1.66. The van der Waals surface area contributed by atoms with Crippen molar-refractivity contribution in [3.63, 3.8) is 0 Å². The van der Waals surface area contributed by atoms with E-state index in [4.69, 9.17) is 16.3 Å². The fraction of sp³-hybridized carbons (Fsp3) is 0.200. The van der Waals surface area contributed by atoms with Crippen molar-refractivity contribution in [1.29, 1.82) is 0 Å². The van der Waals surface area contributed by atoms with Gasteiger partial charge in [-0.05, 0) is 61.0 Å². The lowest BCUT2D eigenvalue weighted by molar-refractivity contribution is -0.384. The van der Waals surface area contributed by atoms with Gasteiger partial charge in [0.05, 0.1) is 28.2 Å². The summed E-state index contributed by atoms with van der Waals surface area (Å²) in [5.74, 6) is -3.29. The van der Waals surface area contributed by atoms with Crippen LogP contribution in [-0.2, 0) is 20.9 Å². The fourth-order valence-electron chi connectivity index (χ4n) is 5.46. The summed E-state index contributed by atoms with van der Waals surface area (Å²) in [7, 11) is 0. The molecule has 0 saturated carbocycles. The van der Waals surface area contributed by atoms with Crippen molar-refractivity contribution >= 4 is 69.5 Å². The number of nitrogens with one attached hydrogen (secondary N) is 1. The molecular formula is C30H23ClN4O8S2. The zero-order valence-electron chi connectivity index (χ0n) is 23.3. The Morgan fingerprint density at radius 3 is 2.44 bits per heavy atom. The van der Waals surface area contributed by atoms with Crippen LogP contribution in [-0.4, -0.2) is 44.2 Å². The Balaban J connectivity index is 1.42. The van der Waals surface area contributed by atoms with E-state index in [-0.39, 0.29) is 36.0 Å². The van der Waals surface area contributed by atoms with Crippen LogP contribution < -0.4 is 19.8 Å². The third-order valence-electron chi connectivity index (χ3n) is 7.44. The normalized spacial score (nSPS) is 18.8. The molecule has 1 aromatic heterocycles. The quantitative estimate of drug-likeness (QED) is 0.150. The highest BCUT2D eigenvalue weighted by atomic mass is 35.5. The van der Waals surface area contributed by atoms with E-state index in [0.29, 0.717) is 26.2 Å². The molecule has 1 saturated heterocycles. The van der Waals surface area contributed by atoms with E-state index in [2.05, 4.69) is 5.32 Å². The molecule has 2 aliphatic rings. The van der Waals surface area contributed by atoms with Crippen LogP contribution in [0.2, 0.25) is 5.02 Å². The number of amides is 3. The van der Waals surface area contributed by atoms with Gasteiger partial charge in [0, 0.05) is 33.6 Å². The number of fused-ring (bicyclic) bond motifs is 2. The average Bonchev–Trinajstić information content (AvgIpc) is 3.45. The third kappa shape index (κ3) is 5.56. The number of non-ortho nitro benzene ring substituents is 1. The Kier molecular flexibility index (Phi) is 8.12. The standard InChI is InChI=1S/C30H23ClN4O8S2/c1-2-43-21-13-15(3-12-20(21)36)23-24-25(28(39)34(27(24)38)18-8-10-19(11-9-18)35(41)42)44-29-26(23)45-30(40)33(29)14-22(37)32-17-6-4-16(31)5-7-17/h3-13,23-25,36H,2,14H2,1H3,(H,32,37)/t23-,24+,25-/m0/s1. The van der Waals surface area contributed by atoms with Crippen molar-refractivity contribution < 1.29 is 29.2 Å². The Morgan fingerprint density at radius 1 is 1.07 bits per heavy atom. The topological polar surface area (TPSA) is 161 Å². The number of halogens is 1. The van der Waals surface area contributed by atoms with Gasteiger partial charge in [0.1, 0.15) is 11.8 Å². The first-order valence-corrected chi connectivity index (χ1v) is 15.7. The molecule has 3 atom stereocenters. The monoisotopic (exact) mass is 666 g/mol. The van der Waals surface area contributed by atoms with Gasteiger partial charge < -0.3 is 15.2 Å². The number of phenols is 1. The number of nitrogens with zero attached hydrogens (tertiary/aromatic N) is 3. The number of aromatic hydroxyl groups is 1.